The lowest BCUT2D eigenvalue weighted by atomic mass is 9.94. The quantitative estimate of drug-likeness (QED) is 0.824. The van der Waals surface area contributed by atoms with Crippen molar-refractivity contribution < 1.29 is 13.2 Å². The number of aromatic nitrogens is 2. The lowest BCUT2D eigenvalue weighted by molar-refractivity contribution is 0.241. The van der Waals surface area contributed by atoms with E-state index in [-0.39, 0.29) is 6.04 Å². The average molecular weight is 351 g/mol. The largest absolute Gasteiger partial charge is 0.366 e. The molecule has 3 rings (SSSR count). The standard InChI is InChI=1S/C19H24F3N3/c1-3-17-19(23-15-7-5-12(20)6-8-15)24-18(4-2)25(17)16-10-13(21)9-14(22)11-16/h9-12,15,23H,3-8H2,1-2H3. The molecule has 0 aliphatic heterocycles. The molecule has 136 valence electrons. The fourth-order valence-corrected chi connectivity index (χ4v) is 3.55. The van der Waals surface area contributed by atoms with E-state index in [9.17, 15) is 13.2 Å². The molecule has 0 atom stereocenters. The van der Waals surface area contributed by atoms with Crippen LogP contribution in [-0.4, -0.2) is 21.8 Å². The van der Waals surface area contributed by atoms with Crippen molar-refractivity contribution in [1.29, 1.82) is 0 Å². The number of nitrogens with one attached hydrogen (secondary N) is 1. The fraction of sp³-hybridized carbons (Fsp3) is 0.526. The van der Waals surface area contributed by atoms with E-state index in [0.29, 0.717) is 31.4 Å². The van der Waals surface area contributed by atoms with Crippen LogP contribution in [0.2, 0.25) is 0 Å². The van der Waals surface area contributed by atoms with E-state index in [4.69, 9.17) is 0 Å². The highest BCUT2D eigenvalue weighted by Crippen LogP contribution is 2.28. The van der Waals surface area contributed by atoms with Crippen molar-refractivity contribution in [1.82, 2.24) is 9.55 Å². The number of aryl methyl sites for hydroxylation is 1. The van der Waals surface area contributed by atoms with Crippen LogP contribution in [-0.2, 0) is 12.8 Å². The maximum atomic E-state index is 13.7. The van der Waals surface area contributed by atoms with Crippen molar-refractivity contribution in [3.05, 3.63) is 41.4 Å². The Bertz CT molecular complexity index is 714. The third-order valence-corrected chi connectivity index (χ3v) is 4.80. The monoisotopic (exact) mass is 351 g/mol. The first-order valence-corrected chi connectivity index (χ1v) is 8.99. The van der Waals surface area contributed by atoms with Crippen LogP contribution in [0.1, 0.15) is 51.0 Å². The molecular weight excluding hydrogens is 327 g/mol. The van der Waals surface area contributed by atoms with Gasteiger partial charge in [0.2, 0.25) is 0 Å². The number of alkyl halides is 1. The lowest BCUT2D eigenvalue weighted by Gasteiger charge is -2.25. The minimum Gasteiger partial charge on any atom is -0.366 e. The molecule has 0 bridgehead atoms. The molecule has 1 aliphatic carbocycles. The summed E-state index contributed by atoms with van der Waals surface area (Å²) in [6.07, 6.45) is 3.28. The minimum atomic E-state index is -0.706. The van der Waals surface area contributed by atoms with E-state index in [1.54, 1.807) is 0 Å². The van der Waals surface area contributed by atoms with E-state index in [0.717, 1.165) is 36.2 Å². The smallest absolute Gasteiger partial charge is 0.148 e. The Labute approximate surface area is 146 Å². The summed E-state index contributed by atoms with van der Waals surface area (Å²) in [6.45, 7) is 3.96. The predicted octanol–water partition coefficient (Wildman–Crippen LogP) is 4.97. The van der Waals surface area contributed by atoms with Gasteiger partial charge in [0, 0.05) is 18.5 Å². The van der Waals surface area contributed by atoms with Gasteiger partial charge in [-0.1, -0.05) is 13.8 Å². The van der Waals surface area contributed by atoms with Crippen LogP contribution in [0.3, 0.4) is 0 Å². The molecule has 1 fully saturated rings. The maximum Gasteiger partial charge on any atom is 0.148 e. The van der Waals surface area contributed by atoms with Crippen molar-refractivity contribution in [2.24, 2.45) is 0 Å². The van der Waals surface area contributed by atoms with Gasteiger partial charge in [-0.2, -0.15) is 0 Å². The molecule has 0 unspecified atom stereocenters. The second kappa shape index (κ2) is 7.50. The van der Waals surface area contributed by atoms with Crippen LogP contribution in [0.15, 0.2) is 18.2 Å². The summed E-state index contributed by atoms with van der Waals surface area (Å²) in [5, 5.41) is 3.43. The Morgan fingerprint density at radius 3 is 2.24 bits per heavy atom. The number of hydrogen-bond acceptors (Lipinski definition) is 2. The Balaban J connectivity index is 1.96. The first kappa shape index (κ1) is 17.8. The summed E-state index contributed by atoms with van der Waals surface area (Å²) < 4.78 is 42.5. The SMILES string of the molecule is CCc1nc(NC2CCC(F)CC2)c(CC)n1-c1cc(F)cc(F)c1. The van der Waals surface area contributed by atoms with Crippen LogP contribution in [0.4, 0.5) is 19.0 Å². The maximum absolute atomic E-state index is 13.7. The molecule has 0 amide bonds. The van der Waals surface area contributed by atoms with Crippen LogP contribution in [0.25, 0.3) is 5.69 Å². The minimum absolute atomic E-state index is 0.189. The summed E-state index contributed by atoms with van der Waals surface area (Å²) in [5.41, 5.74) is 1.34. The van der Waals surface area contributed by atoms with Crippen LogP contribution >= 0.6 is 0 Å². The van der Waals surface area contributed by atoms with Gasteiger partial charge in [-0.25, -0.2) is 18.2 Å². The van der Waals surface area contributed by atoms with E-state index >= 15 is 0 Å². The van der Waals surface area contributed by atoms with Crippen molar-refractivity contribution in [2.45, 2.75) is 64.6 Å². The number of benzene rings is 1. The highest BCUT2D eigenvalue weighted by Gasteiger charge is 2.24. The second-order valence-corrected chi connectivity index (χ2v) is 6.59. The second-order valence-electron chi connectivity index (χ2n) is 6.59. The first-order chi connectivity index (χ1) is 12.0. The molecule has 1 aromatic carbocycles. The number of rotatable bonds is 5. The first-order valence-electron chi connectivity index (χ1n) is 8.99. The Morgan fingerprint density at radius 1 is 1.04 bits per heavy atom. The Kier molecular flexibility index (Phi) is 5.35. The molecule has 3 nitrogen and oxygen atoms in total. The number of anilines is 1. The topological polar surface area (TPSA) is 29.9 Å². The summed E-state index contributed by atoms with van der Waals surface area (Å²) in [4.78, 5) is 4.66. The highest BCUT2D eigenvalue weighted by molar-refractivity contribution is 5.49. The normalized spacial score (nSPS) is 20.7. The van der Waals surface area contributed by atoms with Gasteiger partial charge in [-0.15, -0.1) is 0 Å². The van der Waals surface area contributed by atoms with Gasteiger partial charge in [0.25, 0.3) is 0 Å². The number of imidazole rings is 1. The zero-order valence-electron chi connectivity index (χ0n) is 14.7. The average Bonchev–Trinajstić information content (AvgIpc) is 2.93. The molecule has 1 heterocycles. The number of halogens is 3. The molecule has 1 saturated carbocycles. The van der Waals surface area contributed by atoms with Crippen LogP contribution in [0, 0.1) is 11.6 Å². The third-order valence-electron chi connectivity index (χ3n) is 4.80. The molecule has 0 radical (unpaired) electrons. The van der Waals surface area contributed by atoms with Gasteiger partial charge in [-0.05, 0) is 44.2 Å². The molecule has 2 aromatic rings. The molecule has 1 aliphatic rings. The summed E-state index contributed by atoms with van der Waals surface area (Å²) in [7, 11) is 0. The van der Waals surface area contributed by atoms with Gasteiger partial charge in [-0.3, -0.25) is 4.57 Å². The number of nitrogens with zero attached hydrogens (tertiary/aromatic N) is 2. The summed E-state index contributed by atoms with van der Waals surface area (Å²) in [6, 6.07) is 3.70. The van der Waals surface area contributed by atoms with Gasteiger partial charge in [0.1, 0.15) is 29.4 Å². The van der Waals surface area contributed by atoms with Gasteiger partial charge < -0.3 is 5.32 Å². The van der Waals surface area contributed by atoms with E-state index < -0.39 is 17.8 Å². The molecule has 25 heavy (non-hydrogen) atoms. The van der Waals surface area contributed by atoms with Gasteiger partial charge in [0.05, 0.1) is 11.4 Å². The zero-order valence-corrected chi connectivity index (χ0v) is 14.7. The Morgan fingerprint density at radius 2 is 1.68 bits per heavy atom. The molecule has 6 heteroatoms. The molecule has 1 N–H and O–H groups in total. The van der Waals surface area contributed by atoms with E-state index in [1.165, 1.54) is 12.1 Å². The Hall–Kier alpha value is -1.98. The van der Waals surface area contributed by atoms with Crippen molar-refractivity contribution in [3.63, 3.8) is 0 Å². The predicted molar refractivity (Wildman–Crippen MR) is 93.0 cm³/mol. The van der Waals surface area contributed by atoms with Crippen molar-refractivity contribution >= 4 is 5.82 Å². The molecular formula is C19H24F3N3. The van der Waals surface area contributed by atoms with Crippen LogP contribution < -0.4 is 5.32 Å². The van der Waals surface area contributed by atoms with Crippen molar-refractivity contribution in [3.8, 4) is 5.69 Å². The van der Waals surface area contributed by atoms with E-state index in [1.807, 2.05) is 18.4 Å². The molecule has 0 saturated heterocycles. The lowest BCUT2D eigenvalue weighted by Crippen LogP contribution is -2.27. The number of hydrogen-bond donors (Lipinski definition) is 1. The van der Waals surface area contributed by atoms with Crippen molar-refractivity contribution in [2.75, 3.05) is 5.32 Å². The molecule has 0 spiro atoms. The van der Waals surface area contributed by atoms with Gasteiger partial charge in [0.15, 0.2) is 0 Å². The molecule has 1 aromatic heterocycles. The highest BCUT2D eigenvalue weighted by atomic mass is 19.1. The van der Waals surface area contributed by atoms with E-state index in [2.05, 4.69) is 10.3 Å². The fourth-order valence-electron chi connectivity index (χ4n) is 3.55. The van der Waals surface area contributed by atoms with Gasteiger partial charge >= 0.3 is 0 Å². The third kappa shape index (κ3) is 3.83. The summed E-state index contributed by atoms with van der Waals surface area (Å²) in [5.74, 6) is 0.280. The summed E-state index contributed by atoms with van der Waals surface area (Å²) >= 11 is 0. The van der Waals surface area contributed by atoms with Crippen LogP contribution in [0.5, 0.6) is 0 Å². The zero-order chi connectivity index (χ0) is 18.0.